The maximum absolute atomic E-state index is 13.5. The van der Waals surface area contributed by atoms with Crippen LogP contribution in [0.3, 0.4) is 0 Å². The first-order chi connectivity index (χ1) is 22.9. The normalized spacial score (nSPS) is 29.3. The molecular weight excluding hydrogens is 652 g/mol. The molecule has 262 valence electrons. The van der Waals surface area contributed by atoms with Crippen molar-refractivity contribution in [2.45, 2.75) is 77.6 Å². The van der Waals surface area contributed by atoms with E-state index in [1.807, 2.05) is 38.1 Å². The maximum Gasteiger partial charge on any atom is 0.332 e. The number of anilines is 1. The number of fused-ring (bicyclic) bond motifs is 2. The SMILES string of the molecule is CCCc1cc(Cl)ccc1[C@@H]1COc2ccc3cc2N(C1)C[C@@H]1CC[C@H]1[C@@H](OCC(=O)OCC)/C=C/[C@H](C)[C@H](C)[C@@H](C)S(=O)(=O)NC3=O. The van der Waals surface area contributed by atoms with Gasteiger partial charge < -0.3 is 19.1 Å². The molecule has 48 heavy (non-hydrogen) atoms. The fraction of sp³-hybridized carbons (Fsp3) is 0.568. The molecule has 2 bridgehead atoms. The zero-order valence-corrected chi connectivity index (χ0v) is 30.2. The van der Waals surface area contributed by atoms with Gasteiger partial charge in [0.1, 0.15) is 12.4 Å². The molecule has 2 aromatic carbocycles. The molecule has 0 saturated heterocycles. The minimum atomic E-state index is -4.00. The van der Waals surface area contributed by atoms with Crippen molar-refractivity contribution >= 4 is 39.2 Å². The van der Waals surface area contributed by atoms with Gasteiger partial charge in [-0.1, -0.05) is 57.0 Å². The lowest BCUT2D eigenvalue weighted by molar-refractivity contribution is -0.151. The lowest BCUT2D eigenvalue weighted by Crippen LogP contribution is -2.45. The largest absolute Gasteiger partial charge is 0.491 e. The number of carbonyl (C=O) groups excluding carboxylic acids is 2. The second-order valence-electron chi connectivity index (χ2n) is 13.6. The molecule has 7 atom stereocenters. The van der Waals surface area contributed by atoms with Crippen LogP contribution in [0.5, 0.6) is 5.75 Å². The number of esters is 1. The molecule has 1 N–H and O–H groups in total. The molecule has 1 aliphatic carbocycles. The van der Waals surface area contributed by atoms with Crippen molar-refractivity contribution in [3.05, 3.63) is 70.3 Å². The molecule has 5 rings (SSSR count). The van der Waals surface area contributed by atoms with Gasteiger partial charge in [-0.05, 0) is 98.2 Å². The van der Waals surface area contributed by atoms with Crippen LogP contribution >= 0.6 is 11.6 Å². The Morgan fingerprint density at radius 2 is 1.85 bits per heavy atom. The van der Waals surface area contributed by atoms with Crippen LogP contribution in [-0.4, -0.2) is 64.6 Å². The van der Waals surface area contributed by atoms with Gasteiger partial charge in [-0.3, -0.25) is 4.79 Å². The highest BCUT2D eigenvalue weighted by molar-refractivity contribution is 7.90. The smallest absolute Gasteiger partial charge is 0.332 e. The van der Waals surface area contributed by atoms with Crippen LogP contribution in [0.15, 0.2) is 48.6 Å². The predicted octanol–water partition coefficient (Wildman–Crippen LogP) is 6.54. The highest BCUT2D eigenvalue weighted by Gasteiger charge is 2.40. The first-order valence-corrected chi connectivity index (χ1v) is 19.2. The van der Waals surface area contributed by atoms with Gasteiger partial charge in [-0.25, -0.2) is 17.9 Å². The lowest BCUT2D eigenvalue weighted by Gasteiger charge is -2.44. The van der Waals surface area contributed by atoms with E-state index in [0.29, 0.717) is 30.5 Å². The number of carbonyl (C=O) groups is 2. The number of benzene rings is 2. The zero-order valence-electron chi connectivity index (χ0n) is 28.6. The van der Waals surface area contributed by atoms with Gasteiger partial charge in [-0.15, -0.1) is 0 Å². The number of hydrogen-bond acceptors (Lipinski definition) is 8. The summed E-state index contributed by atoms with van der Waals surface area (Å²) in [4.78, 5) is 28.1. The number of nitrogens with one attached hydrogen (secondary N) is 1. The van der Waals surface area contributed by atoms with Crippen molar-refractivity contribution in [3.8, 4) is 5.75 Å². The third-order valence-electron chi connectivity index (χ3n) is 10.5. The molecule has 0 aromatic heterocycles. The minimum absolute atomic E-state index is 0.0249. The molecule has 1 saturated carbocycles. The van der Waals surface area contributed by atoms with E-state index in [1.54, 1.807) is 32.0 Å². The fourth-order valence-corrected chi connectivity index (χ4v) is 8.70. The molecule has 1 amide bonds. The Labute approximate surface area is 290 Å². The Balaban J connectivity index is 1.55. The zero-order chi connectivity index (χ0) is 34.6. The number of ether oxygens (including phenoxy) is 3. The molecule has 2 aromatic rings. The van der Waals surface area contributed by atoms with Gasteiger partial charge in [0.05, 0.1) is 30.3 Å². The van der Waals surface area contributed by atoms with E-state index in [4.69, 9.17) is 25.8 Å². The van der Waals surface area contributed by atoms with E-state index in [0.717, 1.165) is 31.4 Å². The summed E-state index contributed by atoms with van der Waals surface area (Å²) >= 11 is 6.42. The number of halogens is 1. The van der Waals surface area contributed by atoms with Crippen LogP contribution in [-0.2, 0) is 30.7 Å². The Hall–Kier alpha value is -3.08. The highest BCUT2D eigenvalue weighted by atomic mass is 35.5. The second-order valence-corrected chi connectivity index (χ2v) is 16.0. The first kappa shape index (κ1) is 36.2. The van der Waals surface area contributed by atoms with Crippen molar-refractivity contribution in [2.24, 2.45) is 23.7 Å². The topological polar surface area (TPSA) is 111 Å². The van der Waals surface area contributed by atoms with E-state index in [1.165, 1.54) is 11.1 Å². The monoisotopic (exact) mass is 700 g/mol. The van der Waals surface area contributed by atoms with E-state index in [-0.39, 0.29) is 54.5 Å². The van der Waals surface area contributed by atoms with Crippen molar-refractivity contribution in [3.63, 3.8) is 0 Å². The summed E-state index contributed by atoms with van der Waals surface area (Å²) in [6.07, 6.45) is 7.42. The van der Waals surface area contributed by atoms with Gasteiger partial charge in [0.15, 0.2) is 0 Å². The van der Waals surface area contributed by atoms with Gasteiger partial charge >= 0.3 is 5.97 Å². The van der Waals surface area contributed by atoms with E-state index >= 15 is 0 Å². The second kappa shape index (κ2) is 15.6. The van der Waals surface area contributed by atoms with E-state index < -0.39 is 27.1 Å². The highest BCUT2D eigenvalue weighted by Crippen LogP contribution is 2.43. The van der Waals surface area contributed by atoms with Gasteiger partial charge in [0.25, 0.3) is 5.91 Å². The number of sulfonamides is 1. The molecule has 2 heterocycles. The number of hydrogen-bond donors (Lipinski definition) is 1. The third kappa shape index (κ3) is 8.20. The molecule has 11 heteroatoms. The summed E-state index contributed by atoms with van der Waals surface area (Å²) < 4.78 is 47.1. The molecule has 3 aliphatic rings. The quantitative estimate of drug-likeness (QED) is 0.256. The Morgan fingerprint density at radius 1 is 1.06 bits per heavy atom. The summed E-state index contributed by atoms with van der Waals surface area (Å²) in [6, 6.07) is 11.2. The van der Waals surface area contributed by atoms with E-state index in [2.05, 4.69) is 22.6 Å². The average molecular weight is 701 g/mol. The van der Waals surface area contributed by atoms with Crippen LogP contribution in [0.4, 0.5) is 5.69 Å². The van der Waals surface area contributed by atoms with Gasteiger partial charge in [-0.2, -0.15) is 0 Å². The van der Waals surface area contributed by atoms with Crippen LogP contribution in [0.1, 0.15) is 81.3 Å². The summed E-state index contributed by atoms with van der Waals surface area (Å²) in [5.41, 5.74) is 3.39. The van der Waals surface area contributed by atoms with Crippen molar-refractivity contribution in [1.29, 1.82) is 0 Å². The number of rotatable bonds is 7. The summed E-state index contributed by atoms with van der Waals surface area (Å²) in [5.74, 6) is -0.473. The Morgan fingerprint density at radius 3 is 2.56 bits per heavy atom. The fourth-order valence-electron chi connectivity index (χ4n) is 7.13. The Kier molecular flexibility index (Phi) is 11.8. The minimum Gasteiger partial charge on any atom is -0.491 e. The lowest BCUT2D eigenvalue weighted by atomic mass is 9.69. The number of allylic oxidation sites excluding steroid dienone is 1. The first-order valence-electron chi connectivity index (χ1n) is 17.2. The molecule has 0 radical (unpaired) electrons. The summed E-state index contributed by atoms with van der Waals surface area (Å²) in [6.45, 7) is 11.2. The van der Waals surface area contributed by atoms with Crippen LogP contribution in [0.2, 0.25) is 5.02 Å². The standard InChI is InChI=1S/C37H49ClN2O7S/c1-6-8-26-17-30(38)12-14-31(26)29-20-40-19-28-10-13-32(28)34(47-22-36(41)45-7-2)15-9-23(3)24(4)25(5)48(43,44)39-37(42)27-11-16-35(46-21-29)33(40)18-27/h9,11-12,14-18,23-25,28-29,32,34H,6-8,10,13,19-22H2,1-5H3,(H,39,42)/b15-9+/t23-,24-,25+,28-,29-,32+,34-/m0/s1. The number of nitrogens with zero attached hydrogens (tertiary/aromatic N) is 1. The number of amides is 1. The van der Waals surface area contributed by atoms with Crippen molar-refractivity contribution in [2.75, 3.05) is 37.8 Å². The number of aryl methyl sites for hydroxylation is 1. The predicted molar refractivity (Wildman–Crippen MR) is 188 cm³/mol. The molecule has 0 unspecified atom stereocenters. The molecule has 9 nitrogen and oxygen atoms in total. The van der Waals surface area contributed by atoms with Crippen LogP contribution in [0.25, 0.3) is 0 Å². The van der Waals surface area contributed by atoms with E-state index in [9.17, 15) is 18.0 Å². The summed E-state index contributed by atoms with van der Waals surface area (Å²) in [5, 5.41) is -0.143. The molecule has 2 aliphatic heterocycles. The Bertz CT molecular complexity index is 1610. The van der Waals surface area contributed by atoms with Crippen LogP contribution in [0, 0.1) is 23.7 Å². The van der Waals surface area contributed by atoms with Crippen LogP contribution < -0.4 is 14.4 Å². The van der Waals surface area contributed by atoms with Crippen molar-refractivity contribution in [1.82, 2.24) is 4.72 Å². The van der Waals surface area contributed by atoms with Crippen molar-refractivity contribution < 1.29 is 32.2 Å². The average Bonchev–Trinajstić information content (AvgIpc) is 3.22. The molecular formula is C37H49ClN2O7S. The third-order valence-corrected chi connectivity index (χ3v) is 12.6. The van der Waals surface area contributed by atoms with Gasteiger partial charge in [0.2, 0.25) is 10.0 Å². The molecule has 1 fully saturated rings. The van der Waals surface area contributed by atoms with Gasteiger partial charge in [0, 0.05) is 29.6 Å². The molecule has 0 spiro atoms. The maximum atomic E-state index is 13.5. The summed E-state index contributed by atoms with van der Waals surface area (Å²) in [7, 11) is -4.00.